The Labute approximate surface area is 108 Å². The lowest BCUT2D eigenvalue weighted by Crippen LogP contribution is -2.47. The van der Waals surface area contributed by atoms with Crippen LogP contribution < -0.4 is 4.74 Å². The van der Waals surface area contributed by atoms with Crippen molar-refractivity contribution in [3.63, 3.8) is 0 Å². The molecule has 18 heavy (non-hydrogen) atoms. The van der Waals surface area contributed by atoms with Crippen molar-refractivity contribution in [3.05, 3.63) is 29.8 Å². The number of rotatable bonds is 3. The number of aryl methyl sites for hydroxylation is 1. The van der Waals surface area contributed by atoms with Crippen LogP contribution >= 0.6 is 0 Å². The molecule has 3 nitrogen and oxygen atoms in total. The van der Waals surface area contributed by atoms with Crippen molar-refractivity contribution in [1.29, 1.82) is 0 Å². The van der Waals surface area contributed by atoms with Crippen LogP contribution in [0.3, 0.4) is 0 Å². The molecular weight excluding hydrogens is 228 g/mol. The van der Waals surface area contributed by atoms with Gasteiger partial charge in [0.2, 0.25) is 5.60 Å². The van der Waals surface area contributed by atoms with Gasteiger partial charge < -0.3 is 9.84 Å². The molecule has 0 aliphatic heterocycles. The van der Waals surface area contributed by atoms with Gasteiger partial charge in [0.15, 0.2) is 0 Å². The SMILES string of the molecule is Cc1ccc(OC2(C(=O)O)CCC(C)CC2)cc1. The summed E-state index contributed by atoms with van der Waals surface area (Å²) in [4.78, 5) is 11.5. The lowest BCUT2D eigenvalue weighted by molar-refractivity contribution is -0.159. The highest BCUT2D eigenvalue weighted by Crippen LogP contribution is 2.36. The van der Waals surface area contributed by atoms with Crippen molar-refractivity contribution in [2.45, 2.75) is 45.1 Å². The fraction of sp³-hybridized carbons (Fsp3) is 0.533. The summed E-state index contributed by atoms with van der Waals surface area (Å²) in [5.41, 5.74) is 0.117. The van der Waals surface area contributed by atoms with Crippen LogP contribution in [0.15, 0.2) is 24.3 Å². The minimum Gasteiger partial charge on any atom is -0.478 e. The van der Waals surface area contributed by atoms with Crippen LogP contribution in [-0.2, 0) is 4.79 Å². The maximum atomic E-state index is 11.5. The smallest absolute Gasteiger partial charge is 0.348 e. The normalized spacial score (nSPS) is 27.8. The van der Waals surface area contributed by atoms with E-state index < -0.39 is 11.6 Å². The second-order valence-corrected chi connectivity index (χ2v) is 5.40. The van der Waals surface area contributed by atoms with E-state index in [2.05, 4.69) is 6.92 Å². The topological polar surface area (TPSA) is 46.5 Å². The van der Waals surface area contributed by atoms with Crippen molar-refractivity contribution < 1.29 is 14.6 Å². The Kier molecular flexibility index (Phi) is 3.60. The van der Waals surface area contributed by atoms with Crippen molar-refractivity contribution >= 4 is 5.97 Å². The van der Waals surface area contributed by atoms with Crippen LogP contribution in [0.5, 0.6) is 5.75 Å². The molecule has 0 heterocycles. The van der Waals surface area contributed by atoms with Gasteiger partial charge in [-0.15, -0.1) is 0 Å². The number of hydrogen-bond donors (Lipinski definition) is 1. The van der Waals surface area contributed by atoms with E-state index in [1.54, 1.807) is 0 Å². The number of hydrogen-bond acceptors (Lipinski definition) is 2. The molecule has 1 aromatic carbocycles. The number of benzene rings is 1. The highest BCUT2D eigenvalue weighted by Gasteiger charge is 2.43. The molecule has 98 valence electrons. The van der Waals surface area contributed by atoms with Gasteiger partial charge >= 0.3 is 5.97 Å². The first kappa shape index (κ1) is 12.9. The highest BCUT2D eigenvalue weighted by molar-refractivity contribution is 5.78. The Morgan fingerprint density at radius 3 is 2.33 bits per heavy atom. The zero-order valence-electron chi connectivity index (χ0n) is 11.0. The average molecular weight is 248 g/mol. The van der Waals surface area contributed by atoms with Crippen molar-refractivity contribution in [1.82, 2.24) is 0 Å². The highest BCUT2D eigenvalue weighted by atomic mass is 16.5. The predicted octanol–water partition coefficient (Wildman–Crippen LogP) is 3.41. The molecule has 0 atom stereocenters. The minimum absolute atomic E-state index is 0.595. The van der Waals surface area contributed by atoms with E-state index in [9.17, 15) is 9.90 Å². The molecular formula is C15H20O3. The summed E-state index contributed by atoms with van der Waals surface area (Å²) in [6.45, 7) is 4.16. The quantitative estimate of drug-likeness (QED) is 0.891. The first-order chi connectivity index (χ1) is 8.52. The molecule has 1 N–H and O–H groups in total. The van der Waals surface area contributed by atoms with Gasteiger partial charge in [0, 0.05) is 0 Å². The summed E-state index contributed by atoms with van der Waals surface area (Å²) in [5.74, 6) is 0.409. The summed E-state index contributed by atoms with van der Waals surface area (Å²) < 4.78 is 5.81. The Hall–Kier alpha value is -1.51. The van der Waals surface area contributed by atoms with E-state index in [0.717, 1.165) is 18.4 Å². The first-order valence-corrected chi connectivity index (χ1v) is 6.51. The molecule has 1 saturated carbocycles. The zero-order valence-corrected chi connectivity index (χ0v) is 11.0. The molecule has 0 saturated heterocycles. The number of carboxylic acids is 1. The molecule has 1 aliphatic rings. The first-order valence-electron chi connectivity index (χ1n) is 6.51. The molecule has 2 rings (SSSR count). The average Bonchev–Trinajstić information content (AvgIpc) is 2.35. The number of carbonyl (C=O) groups is 1. The van der Waals surface area contributed by atoms with Crippen LogP contribution in [0.4, 0.5) is 0 Å². The van der Waals surface area contributed by atoms with Gasteiger partial charge in [-0.05, 0) is 50.7 Å². The van der Waals surface area contributed by atoms with Crippen LogP contribution in [0.2, 0.25) is 0 Å². The lowest BCUT2D eigenvalue weighted by atomic mass is 9.79. The van der Waals surface area contributed by atoms with Gasteiger partial charge in [-0.1, -0.05) is 24.6 Å². The molecule has 1 aliphatic carbocycles. The van der Waals surface area contributed by atoms with Gasteiger partial charge in [-0.2, -0.15) is 0 Å². The van der Waals surface area contributed by atoms with Gasteiger partial charge in [0.05, 0.1) is 0 Å². The molecule has 0 aromatic heterocycles. The summed E-state index contributed by atoms with van der Waals surface area (Å²) in [5, 5.41) is 9.47. The van der Waals surface area contributed by atoms with Crippen molar-refractivity contribution in [2.24, 2.45) is 5.92 Å². The number of aliphatic carboxylic acids is 1. The maximum Gasteiger partial charge on any atom is 0.348 e. The van der Waals surface area contributed by atoms with Crippen LogP contribution in [0.25, 0.3) is 0 Å². The third-order valence-electron chi connectivity index (χ3n) is 3.81. The predicted molar refractivity (Wildman–Crippen MR) is 69.8 cm³/mol. The van der Waals surface area contributed by atoms with Crippen LogP contribution in [0.1, 0.15) is 38.2 Å². The zero-order chi connectivity index (χ0) is 13.2. The summed E-state index contributed by atoms with van der Waals surface area (Å²) in [6, 6.07) is 7.57. The fourth-order valence-electron chi connectivity index (χ4n) is 2.42. The molecule has 3 heteroatoms. The van der Waals surface area contributed by atoms with E-state index in [0.29, 0.717) is 24.5 Å². The minimum atomic E-state index is -1.03. The molecule has 1 aromatic rings. The second-order valence-electron chi connectivity index (χ2n) is 5.40. The Morgan fingerprint density at radius 1 is 1.28 bits per heavy atom. The Balaban J connectivity index is 2.16. The monoisotopic (exact) mass is 248 g/mol. The van der Waals surface area contributed by atoms with E-state index in [4.69, 9.17) is 4.74 Å². The van der Waals surface area contributed by atoms with Gasteiger partial charge in [-0.3, -0.25) is 0 Å². The van der Waals surface area contributed by atoms with Crippen molar-refractivity contribution in [3.8, 4) is 5.75 Å². The summed E-state index contributed by atoms with van der Waals surface area (Å²) in [6.07, 6.45) is 3.02. The molecule has 0 unspecified atom stereocenters. The van der Waals surface area contributed by atoms with Gasteiger partial charge in [-0.25, -0.2) is 4.79 Å². The lowest BCUT2D eigenvalue weighted by Gasteiger charge is -2.36. The third-order valence-corrected chi connectivity index (χ3v) is 3.81. The summed E-state index contributed by atoms with van der Waals surface area (Å²) >= 11 is 0. The molecule has 0 radical (unpaired) electrons. The largest absolute Gasteiger partial charge is 0.478 e. The van der Waals surface area contributed by atoms with E-state index >= 15 is 0 Å². The molecule has 0 amide bonds. The second kappa shape index (κ2) is 5.01. The Morgan fingerprint density at radius 2 is 1.83 bits per heavy atom. The van der Waals surface area contributed by atoms with Gasteiger partial charge in [0.25, 0.3) is 0 Å². The number of carboxylic acid groups (broad SMARTS) is 1. The van der Waals surface area contributed by atoms with Gasteiger partial charge in [0.1, 0.15) is 5.75 Å². The molecule has 1 fully saturated rings. The molecule has 0 bridgehead atoms. The van der Waals surface area contributed by atoms with Crippen LogP contribution in [-0.4, -0.2) is 16.7 Å². The number of ether oxygens (including phenoxy) is 1. The standard InChI is InChI=1S/C15H20O3/c1-11-3-5-13(6-4-11)18-15(14(16)17)9-7-12(2)8-10-15/h3-6,12H,7-10H2,1-2H3,(H,16,17). The Bertz CT molecular complexity index is 414. The van der Waals surface area contributed by atoms with Crippen LogP contribution in [0, 0.1) is 12.8 Å². The summed E-state index contributed by atoms with van der Waals surface area (Å²) in [7, 11) is 0. The maximum absolute atomic E-state index is 11.5. The molecule has 0 spiro atoms. The van der Waals surface area contributed by atoms with E-state index in [1.165, 1.54) is 0 Å². The van der Waals surface area contributed by atoms with E-state index in [-0.39, 0.29) is 0 Å². The van der Waals surface area contributed by atoms with E-state index in [1.807, 2.05) is 31.2 Å². The third kappa shape index (κ3) is 2.66. The fourth-order valence-corrected chi connectivity index (χ4v) is 2.42. The van der Waals surface area contributed by atoms with Crippen molar-refractivity contribution in [2.75, 3.05) is 0 Å².